The average Bonchev–Trinajstić information content (AvgIpc) is 3.23. The molecule has 0 fully saturated rings. The second-order valence-corrected chi connectivity index (χ2v) is 11.1. The van der Waals surface area contributed by atoms with Crippen LogP contribution < -0.4 is 4.90 Å². The van der Waals surface area contributed by atoms with Crippen LogP contribution >= 0.6 is 0 Å². The summed E-state index contributed by atoms with van der Waals surface area (Å²) in [5.41, 5.74) is 11.6. The summed E-state index contributed by atoms with van der Waals surface area (Å²) in [4.78, 5) is 2.42. The number of para-hydroxylation sites is 1. The predicted octanol–water partition coefficient (Wildman–Crippen LogP) is 6.92. The van der Waals surface area contributed by atoms with Gasteiger partial charge >= 0.3 is 0 Å². The first kappa shape index (κ1) is 24.5. The van der Waals surface area contributed by atoms with Crippen LogP contribution in [0, 0.1) is 0 Å². The second kappa shape index (κ2) is 9.05. The van der Waals surface area contributed by atoms with Crippen LogP contribution in [0.15, 0.2) is 66.7 Å². The molecule has 0 amide bonds. The van der Waals surface area contributed by atoms with Crippen molar-refractivity contribution in [2.45, 2.75) is 52.4 Å². The molecule has 3 aromatic rings. The summed E-state index contributed by atoms with van der Waals surface area (Å²) in [5, 5.41) is 9.78. The van der Waals surface area contributed by atoms with E-state index in [4.69, 9.17) is 0 Å². The van der Waals surface area contributed by atoms with E-state index >= 15 is 0 Å². The van der Waals surface area contributed by atoms with E-state index in [9.17, 15) is 5.11 Å². The van der Waals surface area contributed by atoms with Gasteiger partial charge in [-0.3, -0.25) is 0 Å². The highest BCUT2D eigenvalue weighted by atomic mass is 16.3. The third kappa shape index (κ3) is 3.72. The summed E-state index contributed by atoms with van der Waals surface area (Å²) in [7, 11) is 0. The van der Waals surface area contributed by atoms with Crippen molar-refractivity contribution in [2.24, 2.45) is 0 Å². The minimum atomic E-state index is -0.116. The van der Waals surface area contributed by atoms with Crippen LogP contribution in [0.1, 0.15) is 63.8 Å². The maximum atomic E-state index is 9.78. The molecule has 2 aliphatic rings. The number of nitrogens with zero attached hydrogens (tertiary/aromatic N) is 2. The van der Waals surface area contributed by atoms with Gasteiger partial charge in [0, 0.05) is 41.9 Å². The number of rotatable bonds is 7. The zero-order chi connectivity index (χ0) is 25.7. The Balaban J connectivity index is 1.52. The molecule has 0 saturated carbocycles. The van der Waals surface area contributed by atoms with Gasteiger partial charge in [-0.15, -0.1) is 0 Å². The summed E-state index contributed by atoms with van der Waals surface area (Å²) in [5.74, 6) is 0. The Kier molecular flexibility index (Phi) is 6.16. The van der Waals surface area contributed by atoms with Crippen molar-refractivity contribution in [3.63, 3.8) is 0 Å². The van der Waals surface area contributed by atoms with Gasteiger partial charge in [0.25, 0.3) is 0 Å². The SMILES string of the molecule is CCN(CC)c1ccc2c(c1)C(C)(C)c1cc(/C=C/C3=[N+](CCO)c4ccccc4C3(C)C)ccc1-2. The lowest BCUT2D eigenvalue weighted by molar-refractivity contribution is -0.440. The van der Waals surface area contributed by atoms with Crippen molar-refractivity contribution in [1.82, 2.24) is 0 Å². The highest BCUT2D eigenvalue weighted by Gasteiger charge is 2.44. The van der Waals surface area contributed by atoms with E-state index in [1.807, 2.05) is 0 Å². The second-order valence-electron chi connectivity index (χ2n) is 11.1. The molecule has 1 aliphatic carbocycles. The van der Waals surface area contributed by atoms with Crippen molar-refractivity contribution in [1.29, 1.82) is 0 Å². The first-order chi connectivity index (χ1) is 17.2. The molecule has 0 radical (unpaired) electrons. The fourth-order valence-corrected chi connectivity index (χ4v) is 6.29. The number of aliphatic hydroxyl groups is 1. The lowest BCUT2D eigenvalue weighted by Gasteiger charge is -2.25. The van der Waals surface area contributed by atoms with Crippen molar-refractivity contribution in [3.8, 4) is 11.1 Å². The average molecular weight is 480 g/mol. The van der Waals surface area contributed by atoms with E-state index in [-0.39, 0.29) is 17.4 Å². The summed E-state index contributed by atoms with van der Waals surface area (Å²) < 4.78 is 2.27. The standard InChI is InChI=1S/C33H39N2O/c1-7-34(8-2)24-15-17-26-25-16-13-23(21-28(25)32(3,4)29(26)22-24)14-18-31-33(5,6)27-11-9-10-12-30(27)35(31)19-20-36/h9-18,21-22,36H,7-8,19-20H2,1-6H3/q+1. The van der Waals surface area contributed by atoms with E-state index in [1.54, 1.807) is 0 Å². The number of hydrogen-bond acceptors (Lipinski definition) is 2. The smallest absolute Gasteiger partial charge is 0.209 e. The first-order valence-corrected chi connectivity index (χ1v) is 13.3. The van der Waals surface area contributed by atoms with Crippen LogP contribution in [0.3, 0.4) is 0 Å². The lowest BCUT2D eigenvalue weighted by atomic mass is 9.80. The molecule has 3 heteroatoms. The Bertz CT molecular complexity index is 1370. The van der Waals surface area contributed by atoms with Crippen LogP contribution in [0.25, 0.3) is 17.2 Å². The Labute approximate surface area is 216 Å². The van der Waals surface area contributed by atoms with Gasteiger partial charge in [0.2, 0.25) is 5.69 Å². The zero-order valence-corrected chi connectivity index (χ0v) is 22.6. The van der Waals surface area contributed by atoms with Crippen LogP contribution in [-0.2, 0) is 10.8 Å². The molecule has 3 nitrogen and oxygen atoms in total. The molecule has 1 N–H and O–H groups in total. The van der Waals surface area contributed by atoms with Crippen LogP contribution in [0.4, 0.5) is 11.4 Å². The van der Waals surface area contributed by atoms with Crippen LogP contribution in [-0.4, -0.2) is 41.6 Å². The number of anilines is 1. The van der Waals surface area contributed by atoms with Crippen molar-refractivity contribution < 1.29 is 9.68 Å². The molecule has 3 aromatic carbocycles. The molecular formula is C33H39N2O+. The maximum absolute atomic E-state index is 9.78. The largest absolute Gasteiger partial charge is 0.390 e. The monoisotopic (exact) mass is 479 g/mol. The number of benzene rings is 3. The molecule has 1 aliphatic heterocycles. The lowest BCUT2D eigenvalue weighted by Crippen LogP contribution is -2.28. The molecule has 0 saturated heterocycles. The van der Waals surface area contributed by atoms with Crippen molar-refractivity contribution in [2.75, 3.05) is 31.1 Å². The number of hydrogen-bond donors (Lipinski definition) is 1. The Morgan fingerprint density at radius 3 is 2.14 bits per heavy atom. The molecule has 0 bridgehead atoms. The molecule has 0 aromatic heterocycles. The molecular weight excluding hydrogens is 440 g/mol. The molecule has 0 spiro atoms. The van der Waals surface area contributed by atoms with E-state index in [1.165, 1.54) is 50.5 Å². The number of fused-ring (bicyclic) bond motifs is 4. The molecule has 0 unspecified atom stereocenters. The number of β-amino-alcohol motifs (C(OH)–C–C–N with tert-alkyl or cyclic N) is 1. The summed E-state index contributed by atoms with van der Waals surface area (Å²) in [6, 6.07) is 22.5. The minimum Gasteiger partial charge on any atom is -0.390 e. The van der Waals surface area contributed by atoms with Crippen molar-refractivity contribution in [3.05, 3.63) is 89.0 Å². The normalized spacial score (nSPS) is 16.9. The third-order valence-corrected chi connectivity index (χ3v) is 8.37. The fraction of sp³-hybridized carbons (Fsp3) is 0.364. The van der Waals surface area contributed by atoms with E-state index in [0.29, 0.717) is 6.54 Å². The molecule has 36 heavy (non-hydrogen) atoms. The van der Waals surface area contributed by atoms with E-state index in [0.717, 1.165) is 13.1 Å². The van der Waals surface area contributed by atoms with Gasteiger partial charge < -0.3 is 10.0 Å². The van der Waals surface area contributed by atoms with Gasteiger partial charge in [0.05, 0.1) is 5.41 Å². The van der Waals surface area contributed by atoms with Gasteiger partial charge in [0.1, 0.15) is 6.61 Å². The topological polar surface area (TPSA) is 26.5 Å². The summed E-state index contributed by atoms with van der Waals surface area (Å²) in [6.07, 6.45) is 4.50. The number of aliphatic hydroxyl groups excluding tert-OH is 1. The Hall–Kier alpha value is -3.17. The third-order valence-electron chi connectivity index (χ3n) is 8.37. The highest BCUT2D eigenvalue weighted by molar-refractivity contribution is 6.05. The summed E-state index contributed by atoms with van der Waals surface area (Å²) >= 11 is 0. The Morgan fingerprint density at radius 2 is 1.44 bits per heavy atom. The van der Waals surface area contributed by atoms with Gasteiger partial charge in [-0.1, -0.05) is 56.3 Å². The molecule has 1 heterocycles. The molecule has 186 valence electrons. The predicted molar refractivity (Wildman–Crippen MR) is 153 cm³/mol. The maximum Gasteiger partial charge on any atom is 0.209 e. The highest BCUT2D eigenvalue weighted by Crippen LogP contribution is 2.50. The fourth-order valence-electron chi connectivity index (χ4n) is 6.29. The number of allylic oxidation sites excluding steroid dienone is 1. The zero-order valence-electron chi connectivity index (χ0n) is 22.6. The molecule has 0 atom stereocenters. The van der Waals surface area contributed by atoms with E-state index in [2.05, 4.69) is 124 Å². The Morgan fingerprint density at radius 1 is 0.778 bits per heavy atom. The van der Waals surface area contributed by atoms with Gasteiger partial charge in [-0.25, -0.2) is 0 Å². The van der Waals surface area contributed by atoms with Gasteiger partial charge in [0.15, 0.2) is 12.3 Å². The van der Waals surface area contributed by atoms with Crippen LogP contribution in [0.5, 0.6) is 0 Å². The van der Waals surface area contributed by atoms with E-state index < -0.39 is 0 Å². The summed E-state index contributed by atoms with van der Waals surface area (Å²) in [6.45, 7) is 16.5. The van der Waals surface area contributed by atoms with Crippen molar-refractivity contribution >= 4 is 23.2 Å². The minimum absolute atomic E-state index is 0.0450. The first-order valence-electron chi connectivity index (χ1n) is 13.3. The quantitative estimate of drug-likeness (QED) is 0.372. The van der Waals surface area contributed by atoms with Crippen LogP contribution in [0.2, 0.25) is 0 Å². The molecule has 5 rings (SSSR count). The van der Waals surface area contributed by atoms with Gasteiger partial charge in [-0.05, 0) is 73.7 Å². The van der Waals surface area contributed by atoms with Gasteiger partial charge in [-0.2, -0.15) is 4.58 Å².